The quantitative estimate of drug-likeness (QED) is 0.366. The second kappa shape index (κ2) is 24.7. The zero-order valence-corrected chi connectivity index (χ0v) is 27.9. The van der Waals surface area contributed by atoms with Crippen molar-refractivity contribution < 1.29 is 9.59 Å². The third-order valence-electron chi connectivity index (χ3n) is 7.59. The van der Waals surface area contributed by atoms with Crippen LogP contribution < -0.4 is 0 Å². The molecule has 0 aromatic heterocycles. The molecule has 3 aliphatic rings. The predicted octanol–water partition coefficient (Wildman–Crippen LogP) is 8.17. The van der Waals surface area contributed by atoms with Crippen molar-refractivity contribution in [2.45, 2.75) is 99.1 Å². The Hall–Kier alpha value is -2.92. The maximum atomic E-state index is 11.3. The summed E-state index contributed by atoms with van der Waals surface area (Å²) in [4.78, 5) is 26.1. The van der Waals surface area contributed by atoms with E-state index < -0.39 is 0 Å². The minimum atomic E-state index is 0.226. The Morgan fingerprint density at radius 3 is 1.71 bits per heavy atom. The van der Waals surface area contributed by atoms with Gasteiger partial charge in [-0.1, -0.05) is 99.1 Å². The van der Waals surface area contributed by atoms with E-state index in [0.29, 0.717) is 6.04 Å². The summed E-state index contributed by atoms with van der Waals surface area (Å²) < 4.78 is 0. The summed E-state index contributed by atoms with van der Waals surface area (Å²) in [5, 5.41) is 0. The molecule has 2 atom stereocenters. The zero-order valence-electron chi connectivity index (χ0n) is 27.9. The molecule has 2 aromatic carbocycles. The molecule has 2 saturated heterocycles. The van der Waals surface area contributed by atoms with E-state index in [1.54, 1.807) is 6.92 Å². The summed E-state index contributed by atoms with van der Waals surface area (Å²) in [6.45, 7) is 25.6. The van der Waals surface area contributed by atoms with Gasteiger partial charge in [0.15, 0.2) is 0 Å². The van der Waals surface area contributed by atoms with Crippen LogP contribution in [0.1, 0.15) is 84.3 Å². The average Bonchev–Trinajstić information content (AvgIpc) is 3.86. The highest BCUT2D eigenvalue weighted by Crippen LogP contribution is 2.30. The minimum Gasteiger partial charge on any atom is -0.375 e. The summed E-state index contributed by atoms with van der Waals surface area (Å²) in [6.07, 6.45) is 10.2. The molecule has 5 heteroatoms. The largest absolute Gasteiger partial charge is 0.375 e. The molecular weight excluding hydrogens is 518 g/mol. The molecule has 2 aromatic rings. The maximum Gasteiger partial charge on any atom is 0.219 e. The van der Waals surface area contributed by atoms with Crippen LogP contribution in [-0.4, -0.2) is 72.2 Å². The molecule has 0 N–H and O–H groups in total. The van der Waals surface area contributed by atoms with E-state index in [2.05, 4.69) is 68.3 Å². The Morgan fingerprint density at radius 2 is 1.36 bits per heavy atom. The van der Waals surface area contributed by atoms with Gasteiger partial charge in [0, 0.05) is 51.7 Å². The molecule has 1 saturated carbocycles. The van der Waals surface area contributed by atoms with Gasteiger partial charge < -0.3 is 14.6 Å². The van der Waals surface area contributed by atoms with Gasteiger partial charge in [0.25, 0.3) is 0 Å². The lowest BCUT2D eigenvalue weighted by molar-refractivity contribution is -0.133. The summed E-state index contributed by atoms with van der Waals surface area (Å²) in [5.74, 6) is 1.19. The Balaban J connectivity index is 0.000000533. The van der Waals surface area contributed by atoms with Gasteiger partial charge in [-0.05, 0) is 71.4 Å². The number of rotatable bonds is 4. The number of hydrogen-bond donors (Lipinski definition) is 0. The standard InChI is InChI=1S/C11H20N2O.C9H17N.C8H10.C6H6.C2H6.CH2O/c1-9-7-12(8-11-3-4-11)5-6-13(9)10(2)14;1-3-9-7-5-6-8-10(9)4-2;1-7-3-5-8(2)6-4-7;1-2-4-6-5-3-1;2*1-2/h9,11H,3-8H2,1-2H3;4,9H,2-3,5-8H2,1H3;3-6H,1-2H3;1-6H;1-2H3;1H2/t2*9-;;;;/m00..../s1. The number of piperazine rings is 1. The highest BCUT2D eigenvalue weighted by Gasteiger charge is 2.29. The fourth-order valence-electron chi connectivity index (χ4n) is 5.06. The summed E-state index contributed by atoms with van der Waals surface area (Å²) in [6, 6.07) is 21.7. The van der Waals surface area contributed by atoms with E-state index in [-0.39, 0.29) is 5.91 Å². The van der Waals surface area contributed by atoms with Gasteiger partial charge in [-0.2, -0.15) is 0 Å². The molecule has 1 amide bonds. The SMILES string of the molecule is C=CN1CCCC[C@@H]1CC.C=O.CC.CC(=O)N1CCN(CC2CC2)C[C@@H]1C.Cc1ccc(C)cc1.c1ccccc1. The normalized spacial score (nSPS) is 19.2. The van der Waals surface area contributed by atoms with Crippen molar-refractivity contribution in [2.75, 3.05) is 32.7 Å². The van der Waals surface area contributed by atoms with E-state index >= 15 is 0 Å². The van der Waals surface area contributed by atoms with E-state index in [9.17, 15) is 4.79 Å². The summed E-state index contributed by atoms with van der Waals surface area (Å²) in [7, 11) is 0. The smallest absolute Gasteiger partial charge is 0.219 e. The monoisotopic (exact) mass is 579 g/mol. The number of likely N-dealkylation sites (tertiary alicyclic amines) is 1. The molecule has 5 nitrogen and oxygen atoms in total. The van der Waals surface area contributed by atoms with Gasteiger partial charge in [-0.25, -0.2) is 0 Å². The average molecular weight is 580 g/mol. The van der Waals surface area contributed by atoms with Gasteiger partial charge in [0.05, 0.1) is 0 Å². The number of nitrogens with zero attached hydrogens (tertiary/aromatic N) is 3. The van der Waals surface area contributed by atoms with Crippen LogP contribution in [0.4, 0.5) is 0 Å². The van der Waals surface area contributed by atoms with E-state index in [4.69, 9.17) is 4.79 Å². The molecule has 5 rings (SSSR count). The number of benzene rings is 2. The van der Waals surface area contributed by atoms with Crippen LogP contribution in [0.3, 0.4) is 0 Å². The van der Waals surface area contributed by atoms with Crippen molar-refractivity contribution in [1.82, 2.24) is 14.7 Å². The van der Waals surface area contributed by atoms with Crippen LogP contribution in [0.15, 0.2) is 73.4 Å². The van der Waals surface area contributed by atoms with Crippen molar-refractivity contribution in [3.05, 3.63) is 84.6 Å². The highest BCUT2D eigenvalue weighted by molar-refractivity contribution is 5.73. The van der Waals surface area contributed by atoms with Crippen molar-refractivity contribution in [2.24, 2.45) is 5.92 Å². The van der Waals surface area contributed by atoms with Gasteiger partial charge in [-0.3, -0.25) is 9.69 Å². The molecule has 0 radical (unpaired) electrons. The number of carbonyl (C=O) groups is 2. The van der Waals surface area contributed by atoms with Crippen LogP contribution in [-0.2, 0) is 9.59 Å². The first-order valence-corrected chi connectivity index (χ1v) is 16.0. The molecule has 2 heterocycles. The van der Waals surface area contributed by atoms with Crippen molar-refractivity contribution in [3.63, 3.8) is 0 Å². The van der Waals surface area contributed by atoms with E-state index in [1.165, 1.54) is 62.7 Å². The van der Waals surface area contributed by atoms with Gasteiger partial charge >= 0.3 is 0 Å². The van der Waals surface area contributed by atoms with Crippen LogP contribution in [0, 0.1) is 19.8 Å². The Morgan fingerprint density at radius 1 is 0.857 bits per heavy atom. The third kappa shape index (κ3) is 17.8. The minimum absolute atomic E-state index is 0.226. The van der Waals surface area contributed by atoms with Crippen LogP contribution in [0.5, 0.6) is 0 Å². The van der Waals surface area contributed by atoms with E-state index in [0.717, 1.165) is 31.6 Å². The number of piperidine rings is 1. The number of carbonyl (C=O) groups excluding carboxylic acids is 2. The fraction of sp³-hybridized carbons (Fsp3) is 0.568. The Kier molecular flexibility index (Phi) is 22.9. The van der Waals surface area contributed by atoms with Crippen LogP contribution in [0.25, 0.3) is 0 Å². The lowest BCUT2D eigenvalue weighted by Gasteiger charge is -2.39. The molecule has 0 unspecified atom stereocenters. The highest BCUT2D eigenvalue weighted by atomic mass is 16.2. The second-order valence-electron chi connectivity index (χ2n) is 11.1. The number of aryl methyl sites for hydroxylation is 2. The first-order valence-electron chi connectivity index (χ1n) is 16.0. The Labute approximate surface area is 259 Å². The van der Waals surface area contributed by atoms with Crippen LogP contribution in [0.2, 0.25) is 0 Å². The van der Waals surface area contributed by atoms with Crippen molar-refractivity contribution in [3.8, 4) is 0 Å². The predicted molar refractivity (Wildman–Crippen MR) is 182 cm³/mol. The lowest BCUT2D eigenvalue weighted by Crippen LogP contribution is -2.53. The molecule has 42 heavy (non-hydrogen) atoms. The fourth-order valence-corrected chi connectivity index (χ4v) is 5.06. The number of amides is 1. The van der Waals surface area contributed by atoms with Gasteiger partial charge in [0.1, 0.15) is 6.79 Å². The summed E-state index contributed by atoms with van der Waals surface area (Å²) in [5.41, 5.74) is 2.66. The first-order chi connectivity index (χ1) is 20.3. The van der Waals surface area contributed by atoms with E-state index in [1.807, 2.05) is 68.1 Å². The molecule has 236 valence electrons. The lowest BCUT2D eigenvalue weighted by atomic mass is 10.0. The Bertz CT molecular complexity index is 867. The molecular formula is C37H61N3O2. The summed E-state index contributed by atoms with van der Waals surface area (Å²) >= 11 is 0. The maximum absolute atomic E-state index is 11.3. The van der Waals surface area contributed by atoms with Crippen LogP contribution >= 0.6 is 0 Å². The van der Waals surface area contributed by atoms with Crippen molar-refractivity contribution >= 4 is 12.7 Å². The first kappa shape index (κ1) is 39.1. The molecule has 0 spiro atoms. The number of hydrogen-bond acceptors (Lipinski definition) is 4. The third-order valence-corrected chi connectivity index (χ3v) is 7.59. The van der Waals surface area contributed by atoms with Crippen molar-refractivity contribution in [1.29, 1.82) is 0 Å². The molecule has 3 fully saturated rings. The zero-order chi connectivity index (χ0) is 31.8. The topological polar surface area (TPSA) is 43.9 Å². The molecule has 2 aliphatic heterocycles. The second-order valence-corrected chi connectivity index (χ2v) is 11.1. The van der Waals surface area contributed by atoms with Gasteiger partial charge in [0.2, 0.25) is 5.91 Å². The molecule has 1 aliphatic carbocycles. The van der Waals surface area contributed by atoms with Gasteiger partial charge in [-0.15, -0.1) is 0 Å². The molecule has 0 bridgehead atoms.